The molecular weight excluding hydrogens is 338 g/mol. The van der Waals surface area contributed by atoms with Gasteiger partial charge < -0.3 is 4.98 Å². The number of anilines is 2. The third-order valence-corrected chi connectivity index (χ3v) is 4.04. The first kappa shape index (κ1) is 16.8. The number of hydrogen-bond donors (Lipinski definition) is 1. The molecule has 3 aromatic rings. The number of nitrogens with zero attached hydrogens (tertiary/aromatic N) is 4. The van der Waals surface area contributed by atoms with E-state index in [9.17, 15) is 9.59 Å². The van der Waals surface area contributed by atoms with Crippen molar-refractivity contribution >= 4 is 29.3 Å². The van der Waals surface area contributed by atoms with Crippen LogP contribution in [0.15, 0.2) is 64.8 Å². The van der Waals surface area contributed by atoms with Crippen molar-refractivity contribution in [1.82, 2.24) is 19.9 Å². The molecule has 25 heavy (non-hydrogen) atoms. The zero-order valence-electron chi connectivity index (χ0n) is 13.4. The highest BCUT2D eigenvalue weighted by molar-refractivity contribution is 7.99. The van der Waals surface area contributed by atoms with Gasteiger partial charge in [0.05, 0.1) is 5.75 Å². The summed E-state index contributed by atoms with van der Waals surface area (Å²) < 4.78 is 0. The van der Waals surface area contributed by atoms with Gasteiger partial charge in [-0.05, 0) is 31.2 Å². The second-order valence-corrected chi connectivity index (χ2v) is 6.05. The molecule has 3 aromatic heterocycles. The van der Waals surface area contributed by atoms with Crippen LogP contribution in [0.2, 0.25) is 0 Å². The maximum atomic E-state index is 12.8. The minimum absolute atomic E-state index is 0.0829. The number of nitrogens with one attached hydrogen (secondary N) is 1. The number of carbonyl (C=O) groups excluding carboxylic acids is 1. The molecule has 3 heterocycles. The first-order valence-corrected chi connectivity index (χ1v) is 8.48. The summed E-state index contributed by atoms with van der Waals surface area (Å²) in [5.74, 6) is 0.834. The van der Waals surface area contributed by atoms with Gasteiger partial charge in [-0.2, -0.15) is 0 Å². The number of rotatable bonds is 5. The van der Waals surface area contributed by atoms with Crippen LogP contribution >= 0.6 is 11.8 Å². The molecule has 0 unspecified atom stereocenters. The summed E-state index contributed by atoms with van der Waals surface area (Å²) in [5.41, 5.74) is 0.360. The van der Waals surface area contributed by atoms with Gasteiger partial charge >= 0.3 is 0 Å². The van der Waals surface area contributed by atoms with Crippen molar-refractivity contribution in [3.05, 3.63) is 70.9 Å². The molecule has 1 N–H and O–H groups in total. The highest BCUT2D eigenvalue weighted by atomic mass is 32.2. The zero-order valence-corrected chi connectivity index (χ0v) is 14.2. The quantitative estimate of drug-likeness (QED) is 0.559. The molecule has 8 heteroatoms. The van der Waals surface area contributed by atoms with Crippen molar-refractivity contribution in [2.45, 2.75) is 12.1 Å². The minimum Gasteiger partial charge on any atom is -0.301 e. The molecule has 3 rings (SSSR count). The van der Waals surface area contributed by atoms with Crippen molar-refractivity contribution in [3.63, 3.8) is 0 Å². The zero-order chi connectivity index (χ0) is 17.6. The van der Waals surface area contributed by atoms with E-state index in [4.69, 9.17) is 0 Å². The first-order valence-electron chi connectivity index (χ1n) is 7.49. The Morgan fingerprint density at radius 2 is 1.76 bits per heavy atom. The average molecular weight is 353 g/mol. The Bertz CT molecular complexity index is 876. The summed E-state index contributed by atoms with van der Waals surface area (Å²) in [6.07, 6.45) is 3.23. The number of pyridine rings is 2. The van der Waals surface area contributed by atoms with Gasteiger partial charge in [0.15, 0.2) is 5.16 Å². The Labute approximate surface area is 148 Å². The Hall–Kier alpha value is -3.00. The fourth-order valence-electron chi connectivity index (χ4n) is 2.16. The highest BCUT2D eigenvalue weighted by Gasteiger charge is 2.20. The van der Waals surface area contributed by atoms with Crippen molar-refractivity contribution in [2.24, 2.45) is 0 Å². The first-order chi connectivity index (χ1) is 12.1. The molecule has 0 aliphatic rings. The molecule has 0 saturated carbocycles. The van der Waals surface area contributed by atoms with E-state index < -0.39 is 0 Å². The molecule has 0 saturated heterocycles. The Morgan fingerprint density at radius 1 is 1.12 bits per heavy atom. The van der Waals surface area contributed by atoms with E-state index in [0.717, 1.165) is 11.8 Å². The van der Waals surface area contributed by atoms with Gasteiger partial charge in [0.2, 0.25) is 5.91 Å². The van der Waals surface area contributed by atoms with Gasteiger partial charge in [-0.15, -0.1) is 0 Å². The maximum absolute atomic E-state index is 12.8. The van der Waals surface area contributed by atoms with Crippen molar-refractivity contribution in [1.29, 1.82) is 0 Å². The third kappa shape index (κ3) is 4.30. The third-order valence-electron chi connectivity index (χ3n) is 3.19. The second-order valence-electron chi connectivity index (χ2n) is 5.09. The second kappa shape index (κ2) is 7.71. The molecule has 1 amide bonds. The number of aromatic amines is 1. The topological polar surface area (TPSA) is 91.8 Å². The SMILES string of the molecule is Cc1cc(=O)[nH]c(SCC(=O)N(c2ccccn2)c2ccccn2)n1. The number of amides is 1. The fraction of sp³-hybridized carbons (Fsp3) is 0.118. The summed E-state index contributed by atoms with van der Waals surface area (Å²) in [6, 6.07) is 12.0. The van der Waals surface area contributed by atoms with E-state index in [1.165, 1.54) is 11.0 Å². The van der Waals surface area contributed by atoms with Gasteiger partial charge in [-0.1, -0.05) is 23.9 Å². The van der Waals surface area contributed by atoms with Crippen molar-refractivity contribution in [2.75, 3.05) is 10.7 Å². The number of aromatic nitrogens is 4. The largest absolute Gasteiger partial charge is 0.301 e. The van der Waals surface area contributed by atoms with Crippen LogP contribution in [0.3, 0.4) is 0 Å². The van der Waals surface area contributed by atoms with Crippen LogP contribution in [0, 0.1) is 6.92 Å². The normalized spacial score (nSPS) is 10.4. The molecule has 0 atom stereocenters. The van der Waals surface area contributed by atoms with Crippen LogP contribution in [-0.4, -0.2) is 31.6 Å². The molecule has 0 aliphatic heterocycles. The molecule has 0 radical (unpaired) electrons. The average Bonchev–Trinajstić information content (AvgIpc) is 2.61. The predicted molar refractivity (Wildman–Crippen MR) is 95.9 cm³/mol. The van der Waals surface area contributed by atoms with Crippen LogP contribution in [-0.2, 0) is 4.79 Å². The Kier molecular flexibility index (Phi) is 5.20. The van der Waals surface area contributed by atoms with Crippen molar-refractivity contribution in [3.8, 4) is 0 Å². The van der Waals surface area contributed by atoms with E-state index in [-0.39, 0.29) is 17.2 Å². The molecule has 0 bridgehead atoms. The lowest BCUT2D eigenvalue weighted by Crippen LogP contribution is -2.29. The van der Waals surface area contributed by atoms with Gasteiger partial charge in [0.1, 0.15) is 11.6 Å². The highest BCUT2D eigenvalue weighted by Crippen LogP contribution is 2.23. The molecule has 7 nitrogen and oxygen atoms in total. The van der Waals surface area contributed by atoms with E-state index in [1.54, 1.807) is 55.7 Å². The number of H-pyrrole nitrogens is 1. The lowest BCUT2D eigenvalue weighted by molar-refractivity contribution is -0.115. The Balaban J connectivity index is 1.83. The number of hydrogen-bond acceptors (Lipinski definition) is 6. The summed E-state index contributed by atoms with van der Waals surface area (Å²) in [5, 5.41) is 0.403. The number of thioether (sulfide) groups is 1. The van der Waals surface area contributed by atoms with E-state index in [1.807, 2.05) is 0 Å². The molecular formula is C17H15N5O2S. The lowest BCUT2D eigenvalue weighted by Gasteiger charge is -2.20. The molecule has 0 spiro atoms. The Morgan fingerprint density at radius 3 is 2.28 bits per heavy atom. The predicted octanol–water partition coefficient (Wildman–Crippen LogP) is 2.33. The van der Waals surface area contributed by atoms with Crippen LogP contribution < -0.4 is 10.5 Å². The van der Waals surface area contributed by atoms with Gasteiger partial charge in [0, 0.05) is 24.2 Å². The summed E-state index contributed by atoms with van der Waals surface area (Å²) in [7, 11) is 0. The molecule has 0 aromatic carbocycles. The van der Waals surface area contributed by atoms with E-state index in [2.05, 4.69) is 19.9 Å². The monoisotopic (exact) mass is 353 g/mol. The van der Waals surface area contributed by atoms with Crippen LogP contribution in [0.1, 0.15) is 5.69 Å². The molecule has 0 aliphatic carbocycles. The van der Waals surface area contributed by atoms with Crippen LogP contribution in [0.4, 0.5) is 11.6 Å². The summed E-state index contributed by atoms with van der Waals surface area (Å²) in [4.78, 5) is 41.1. The summed E-state index contributed by atoms with van der Waals surface area (Å²) >= 11 is 1.16. The molecule has 126 valence electrons. The van der Waals surface area contributed by atoms with Crippen LogP contribution in [0.5, 0.6) is 0 Å². The summed E-state index contributed by atoms with van der Waals surface area (Å²) in [6.45, 7) is 1.73. The smallest absolute Gasteiger partial charge is 0.251 e. The number of aryl methyl sites for hydroxylation is 1. The van der Waals surface area contributed by atoms with E-state index >= 15 is 0 Å². The van der Waals surface area contributed by atoms with E-state index in [0.29, 0.717) is 22.5 Å². The van der Waals surface area contributed by atoms with Gasteiger partial charge in [-0.25, -0.2) is 19.9 Å². The van der Waals surface area contributed by atoms with Gasteiger partial charge in [-0.3, -0.25) is 9.59 Å². The minimum atomic E-state index is -0.242. The number of carbonyl (C=O) groups is 1. The maximum Gasteiger partial charge on any atom is 0.251 e. The standard InChI is InChI=1S/C17H15N5O2S/c1-12-10-15(23)21-17(20-12)25-11-16(24)22(13-6-2-4-8-18-13)14-7-3-5-9-19-14/h2-10H,11H2,1H3,(H,20,21,23). The fourth-order valence-corrected chi connectivity index (χ4v) is 2.93. The van der Waals surface area contributed by atoms with Crippen molar-refractivity contribution < 1.29 is 4.79 Å². The van der Waals surface area contributed by atoms with Crippen LogP contribution in [0.25, 0.3) is 0 Å². The lowest BCUT2D eigenvalue weighted by atomic mass is 10.3. The molecule has 0 fully saturated rings. The van der Waals surface area contributed by atoms with Gasteiger partial charge in [0.25, 0.3) is 5.56 Å².